The van der Waals surface area contributed by atoms with Crippen LogP contribution in [-0.2, 0) is 16.1 Å². The second-order valence-corrected chi connectivity index (χ2v) is 11.9. The van der Waals surface area contributed by atoms with E-state index in [1.54, 1.807) is 73.7 Å². The fourth-order valence-electron chi connectivity index (χ4n) is 5.08. The number of fused-ring (bicyclic) bond motifs is 1. The molecule has 0 radical (unpaired) electrons. The zero-order chi connectivity index (χ0) is 31.5. The molecule has 2 heterocycles. The minimum Gasteiger partial charge on any atom is -0.488 e. The lowest BCUT2D eigenvalue weighted by Crippen LogP contribution is -2.40. The van der Waals surface area contributed by atoms with Gasteiger partial charge in [0, 0.05) is 26.7 Å². The molecule has 45 heavy (non-hydrogen) atoms. The quantitative estimate of drug-likeness (QED) is 0.169. The van der Waals surface area contributed by atoms with Crippen molar-refractivity contribution < 1.29 is 18.7 Å². The van der Waals surface area contributed by atoms with Gasteiger partial charge in [0.15, 0.2) is 4.80 Å². The van der Waals surface area contributed by atoms with Crippen molar-refractivity contribution in [1.82, 2.24) is 4.57 Å². The maximum Gasteiger partial charge on any atom is 0.338 e. The van der Waals surface area contributed by atoms with Gasteiger partial charge < -0.3 is 9.47 Å². The van der Waals surface area contributed by atoms with Crippen molar-refractivity contribution in [1.29, 1.82) is 0 Å². The van der Waals surface area contributed by atoms with Gasteiger partial charge in [0.25, 0.3) is 5.56 Å². The van der Waals surface area contributed by atoms with Crippen molar-refractivity contribution in [3.63, 3.8) is 0 Å². The van der Waals surface area contributed by atoms with Crippen LogP contribution in [0.25, 0.3) is 11.8 Å². The molecule has 6 nitrogen and oxygen atoms in total. The largest absolute Gasteiger partial charge is 0.488 e. The Bertz CT molecular complexity index is 2110. The molecule has 0 saturated carbocycles. The van der Waals surface area contributed by atoms with Gasteiger partial charge in [0.2, 0.25) is 0 Å². The monoisotopic (exact) mass is 658 g/mol. The third-order valence-electron chi connectivity index (χ3n) is 7.16. The van der Waals surface area contributed by atoms with E-state index in [-0.39, 0.29) is 30.2 Å². The van der Waals surface area contributed by atoms with Gasteiger partial charge in [0.1, 0.15) is 18.2 Å². The van der Waals surface area contributed by atoms with E-state index in [9.17, 15) is 14.0 Å². The Morgan fingerprint density at radius 1 is 0.978 bits per heavy atom. The molecule has 226 valence electrons. The van der Waals surface area contributed by atoms with Crippen molar-refractivity contribution in [3.8, 4) is 5.75 Å². The first-order valence-corrected chi connectivity index (χ1v) is 15.6. The molecule has 4 aromatic carbocycles. The number of aromatic nitrogens is 1. The fourth-order valence-corrected chi connectivity index (χ4v) is 6.37. The van der Waals surface area contributed by atoms with E-state index in [4.69, 9.17) is 37.7 Å². The summed E-state index contributed by atoms with van der Waals surface area (Å²) in [6.45, 7) is 1.85. The number of halogens is 3. The van der Waals surface area contributed by atoms with Crippen LogP contribution in [-0.4, -0.2) is 17.1 Å². The van der Waals surface area contributed by atoms with Gasteiger partial charge >= 0.3 is 5.97 Å². The highest BCUT2D eigenvalue weighted by atomic mass is 35.5. The molecule has 0 bridgehead atoms. The molecule has 0 fully saturated rings. The molecule has 5 aromatic rings. The van der Waals surface area contributed by atoms with Crippen LogP contribution in [0.5, 0.6) is 5.75 Å². The minimum atomic E-state index is -0.842. The van der Waals surface area contributed by atoms with E-state index < -0.39 is 12.0 Å². The van der Waals surface area contributed by atoms with Crippen LogP contribution in [0, 0.1) is 5.82 Å². The molecule has 10 heteroatoms. The van der Waals surface area contributed by atoms with Gasteiger partial charge in [-0.1, -0.05) is 95.2 Å². The number of carbonyl (C=O) groups excluding carboxylic acids is 1. The average Bonchev–Trinajstić information content (AvgIpc) is 3.35. The molecule has 1 atom stereocenters. The van der Waals surface area contributed by atoms with Crippen LogP contribution < -0.4 is 19.6 Å². The molecule has 1 aromatic heterocycles. The summed E-state index contributed by atoms with van der Waals surface area (Å²) in [6, 6.07) is 26.8. The molecule has 0 saturated heterocycles. The Hall–Kier alpha value is -4.50. The van der Waals surface area contributed by atoms with Gasteiger partial charge in [-0.05, 0) is 55.0 Å². The normalized spacial score (nSPS) is 14.6. The van der Waals surface area contributed by atoms with Crippen LogP contribution >= 0.6 is 34.5 Å². The third-order valence-corrected chi connectivity index (χ3v) is 8.63. The summed E-state index contributed by atoms with van der Waals surface area (Å²) >= 11 is 13.7. The predicted octanol–water partition coefficient (Wildman–Crippen LogP) is 6.96. The van der Waals surface area contributed by atoms with Gasteiger partial charge in [-0.3, -0.25) is 9.36 Å². The first-order valence-electron chi connectivity index (χ1n) is 14.0. The molecule has 1 aliphatic heterocycles. The van der Waals surface area contributed by atoms with E-state index in [2.05, 4.69) is 0 Å². The smallest absolute Gasteiger partial charge is 0.338 e. The Morgan fingerprint density at radius 3 is 2.42 bits per heavy atom. The van der Waals surface area contributed by atoms with Crippen molar-refractivity contribution >= 4 is 52.3 Å². The first kappa shape index (κ1) is 30.5. The van der Waals surface area contributed by atoms with E-state index in [1.165, 1.54) is 22.0 Å². The molecule has 1 aliphatic rings. The van der Waals surface area contributed by atoms with Crippen molar-refractivity contribution in [2.75, 3.05) is 6.61 Å². The summed E-state index contributed by atoms with van der Waals surface area (Å²) in [4.78, 5) is 33.1. The molecule has 0 spiro atoms. The number of carbonyl (C=O) groups is 1. The van der Waals surface area contributed by atoms with Crippen molar-refractivity contribution in [3.05, 3.63) is 160 Å². The molecule has 6 rings (SSSR count). The zero-order valence-electron chi connectivity index (χ0n) is 23.9. The van der Waals surface area contributed by atoms with Crippen LogP contribution in [0.15, 0.2) is 112 Å². The standard InChI is InChI=1S/C35H25Cl2FN2O4S/c1-2-43-34(42)30-31(21-8-4-3-5-9-21)39-35-40(32(30)22-12-14-25(36)15-13-22)33(41)29(45-35)19-24-18-26(37)16-17-28(24)44-20-23-10-6-7-11-27(23)38/h3-19,32H,2,20H2,1H3/b29-19-/t32-/m1/s1. The number of nitrogens with zero attached hydrogens (tertiary/aromatic N) is 2. The van der Waals surface area contributed by atoms with E-state index >= 15 is 0 Å². The molecular formula is C35H25Cl2FN2O4S. The maximum atomic E-state index is 14.3. The number of esters is 1. The first-order chi connectivity index (χ1) is 21.8. The van der Waals surface area contributed by atoms with E-state index in [1.807, 2.05) is 30.3 Å². The number of ether oxygens (including phenoxy) is 2. The number of benzene rings is 4. The SMILES string of the molecule is CCOC(=O)C1=C(c2ccccc2)N=c2s/c(=C\c3cc(Cl)ccc3OCc3ccccc3F)c(=O)n2[C@@H]1c1ccc(Cl)cc1. The molecule has 0 aliphatic carbocycles. The molecule has 0 N–H and O–H groups in total. The van der Waals surface area contributed by atoms with E-state index in [0.29, 0.717) is 53.1 Å². The average molecular weight is 660 g/mol. The topological polar surface area (TPSA) is 69.9 Å². The van der Waals surface area contributed by atoms with Crippen molar-refractivity contribution in [2.45, 2.75) is 19.6 Å². The summed E-state index contributed by atoms with van der Waals surface area (Å²) in [5.41, 5.74) is 2.57. The Kier molecular flexibility index (Phi) is 8.98. The summed E-state index contributed by atoms with van der Waals surface area (Å²) in [6.07, 6.45) is 1.67. The molecule has 0 unspecified atom stereocenters. The zero-order valence-corrected chi connectivity index (χ0v) is 26.2. The third kappa shape index (κ3) is 6.35. The summed E-state index contributed by atoms with van der Waals surface area (Å²) in [5, 5.41) is 0.947. The lowest BCUT2D eigenvalue weighted by molar-refractivity contribution is -0.138. The Morgan fingerprint density at radius 2 is 1.69 bits per heavy atom. The van der Waals surface area contributed by atoms with Crippen LogP contribution in [0.1, 0.15) is 35.2 Å². The highest BCUT2D eigenvalue weighted by Crippen LogP contribution is 2.35. The summed E-state index contributed by atoms with van der Waals surface area (Å²) < 4.78 is 27.6. The maximum absolute atomic E-state index is 14.3. The predicted molar refractivity (Wildman–Crippen MR) is 175 cm³/mol. The molecular weight excluding hydrogens is 634 g/mol. The fraction of sp³-hybridized carbons (Fsp3) is 0.114. The van der Waals surface area contributed by atoms with Gasteiger partial charge in [-0.15, -0.1) is 0 Å². The highest BCUT2D eigenvalue weighted by Gasteiger charge is 2.35. The number of hydrogen-bond donors (Lipinski definition) is 0. The lowest BCUT2D eigenvalue weighted by atomic mass is 9.93. The van der Waals surface area contributed by atoms with Gasteiger partial charge in [0.05, 0.1) is 28.5 Å². The molecule has 0 amide bonds. The van der Waals surface area contributed by atoms with Crippen LogP contribution in [0.2, 0.25) is 10.0 Å². The van der Waals surface area contributed by atoms with E-state index in [0.717, 1.165) is 0 Å². The Labute approximate surface area is 271 Å². The number of rotatable bonds is 8. The Balaban J connectivity index is 1.54. The number of hydrogen-bond acceptors (Lipinski definition) is 6. The summed E-state index contributed by atoms with van der Waals surface area (Å²) in [7, 11) is 0. The highest BCUT2D eigenvalue weighted by molar-refractivity contribution is 7.07. The van der Waals surface area contributed by atoms with Crippen LogP contribution in [0.4, 0.5) is 4.39 Å². The minimum absolute atomic E-state index is 0.0176. The van der Waals surface area contributed by atoms with Gasteiger partial charge in [-0.25, -0.2) is 14.2 Å². The summed E-state index contributed by atoms with van der Waals surface area (Å²) in [5.74, 6) is -0.539. The lowest BCUT2D eigenvalue weighted by Gasteiger charge is -2.25. The van der Waals surface area contributed by atoms with Gasteiger partial charge in [-0.2, -0.15) is 0 Å². The number of thiazole rings is 1. The van der Waals surface area contributed by atoms with Crippen molar-refractivity contribution in [2.24, 2.45) is 4.99 Å². The second-order valence-electron chi connectivity index (χ2n) is 10.0. The van der Waals surface area contributed by atoms with Crippen LogP contribution in [0.3, 0.4) is 0 Å². The second kappa shape index (κ2) is 13.2.